The number of nitrogens with zero attached hydrogens (tertiary/aromatic N) is 1. The normalized spacial score (nSPS) is 21.2. The molecule has 17 heavy (non-hydrogen) atoms. The van der Waals surface area contributed by atoms with Gasteiger partial charge in [-0.2, -0.15) is 0 Å². The van der Waals surface area contributed by atoms with Gasteiger partial charge < -0.3 is 15.0 Å². The Balaban J connectivity index is 2.44. The largest absolute Gasteiger partial charge is 0.464 e. The zero-order valence-electron chi connectivity index (χ0n) is 10.4. The quantitative estimate of drug-likeness (QED) is 0.676. The first-order valence-corrected chi connectivity index (χ1v) is 5.66. The topological polar surface area (TPSA) is 75.7 Å². The van der Waals surface area contributed by atoms with Crippen molar-refractivity contribution in [3.05, 3.63) is 0 Å². The number of carbonyl (C=O) groups excluding carboxylic acids is 3. The molecule has 0 aromatic heterocycles. The zero-order chi connectivity index (χ0) is 13.0. The summed E-state index contributed by atoms with van der Waals surface area (Å²) in [7, 11) is 1.66. The summed E-state index contributed by atoms with van der Waals surface area (Å²) in [4.78, 5) is 35.8. The fourth-order valence-corrected chi connectivity index (χ4v) is 1.70. The second kappa shape index (κ2) is 5.65. The number of amides is 2. The molecule has 1 rings (SSSR count). The fourth-order valence-electron chi connectivity index (χ4n) is 1.70. The number of carbonyl (C=O) groups is 3. The maximum absolute atomic E-state index is 11.8. The van der Waals surface area contributed by atoms with Crippen LogP contribution in [0.5, 0.6) is 0 Å². The molecule has 1 aliphatic heterocycles. The maximum Gasteiger partial charge on any atom is 0.328 e. The first kappa shape index (κ1) is 13.5. The van der Waals surface area contributed by atoms with Crippen LogP contribution in [0.3, 0.4) is 0 Å². The van der Waals surface area contributed by atoms with Crippen LogP contribution in [0.4, 0.5) is 0 Å². The van der Waals surface area contributed by atoms with E-state index in [1.54, 1.807) is 20.9 Å². The number of likely N-dealkylation sites (tertiary alicyclic amines) is 1. The number of nitrogens with one attached hydrogen (secondary N) is 1. The first-order chi connectivity index (χ1) is 7.95. The molecule has 1 fully saturated rings. The summed E-state index contributed by atoms with van der Waals surface area (Å²) in [6, 6.07) is -0.677. The fraction of sp³-hybridized carbons (Fsp3) is 0.727. The van der Waals surface area contributed by atoms with Crippen LogP contribution < -0.4 is 5.32 Å². The summed E-state index contributed by atoms with van der Waals surface area (Å²) < 4.78 is 4.78. The SMILES string of the molecule is CCOC(=O)C(C)NC(=O)C1CC(=O)N(C)C1. The van der Waals surface area contributed by atoms with Gasteiger partial charge in [-0.1, -0.05) is 0 Å². The Kier molecular flexibility index (Phi) is 4.48. The van der Waals surface area contributed by atoms with Crippen molar-refractivity contribution < 1.29 is 19.1 Å². The van der Waals surface area contributed by atoms with Crippen LogP contribution in [0.2, 0.25) is 0 Å². The molecule has 6 heteroatoms. The van der Waals surface area contributed by atoms with E-state index in [9.17, 15) is 14.4 Å². The lowest BCUT2D eigenvalue weighted by Crippen LogP contribution is -2.43. The van der Waals surface area contributed by atoms with Crippen molar-refractivity contribution in [3.8, 4) is 0 Å². The highest BCUT2D eigenvalue weighted by Gasteiger charge is 2.33. The highest BCUT2D eigenvalue weighted by atomic mass is 16.5. The highest BCUT2D eigenvalue weighted by molar-refractivity contribution is 5.91. The van der Waals surface area contributed by atoms with E-state index in [1.807, 2.05) is 0 Å². The summed E-state index contributed by atoms with van der Waals surface area (Å²) in [5.74, 6) is -1.15. The van der Waals surface area contributed by atoms with Crippen molar-refractivity contribution in [1.82, 2.24) is 10.2 Å². The third-order valence-electron chi connectivity index (χ3n) is 2.71. The summed E-state index contributed by atoms with van der Waals surface area (Å²) in [5.41, 5.74) is 0. The van der Waals surface area contributed by atoms with Gasteiger partial charge in [-0.05, 0) is 13.8 Å². The van der Waals surface area contributed by atoms with Crippen LogP contribution in [-0.2, 0) is 19.1 Å². The Labute approximate surface area is 100 Å². The Morgan fingerprint density at radius 1 is 1.59 bits per heavy atom. The van der Waals surface area contributed by atoms with Crippen molar-refractivity contribution in [3.63, 3.8) is 0 Å². The molecular formula is C11H18N2O4. The first-order valence-electron chi connectivity index (χ1n) is 5.66. The molecule has 1 aliphatic rings. The van der Waals surface area contributed by atoms with Gasteiger partial charge in [0.25, 0.3) is 0 Å². The molecule has 2 amide bonds. The van der Waals surface area contributed by atoms with Gasteiger partial charge in [-0.3, -0.25) is 9.59 Å². The van der Waals surface area contributed by atoms with Crippen molar-refractivity contribution >= 4 is 17.8 Å². The molecule has 1 heterocycles. The molecule has 0 aliphatic carbocycles. The molecule has 96 valence electrons. The van der Waals surface area contributed by atoms with Gasteiger partial charge >= 0.3 is 5.97 Å². The van der Waals surface area contributed by atoms with Gasteiger partial charge in [0.05, 0.1) is 12.5 Å². The molecule has 0 spiro atoms. The van der Waals surface area contributed by atoms with Gasteiger partial charge in [-0.15, -0.1) is 0 Å². The summed E-state index contributed by atoms with van der Waals surface area (Å²) >= 11 is 0. The van der Waals surface area contributed by atoms with Crippen molar-refractivity contribution in [1.29, 1.82) is 0 Å². The molecule has 6 nitrogen and oxygen atoms in total. The minimum absolute atomic E-state index is 0.0473. The number of hydrogen-bond donors (Lipinski definition) is 1. The van der Waals surface area contributed by atoms with Crippen molar-refractivity contribution in [2.24, 2.45) is 5.92 Å². The average molecular weight is 242 g/mol. The van der Waals surface area contributed by atoms with Gasteiger partial charge in [0.2, 0.25) is 11.8 Å². The lowest BCUT2D eigenvalue weighted by Gasteiger charge is -2.15. The van der Waals surface area contributed by atoms with Crippen LogP contribution in [0.25, 0.3) is 0 Å². The molecule has 2 atom stereocenters. The molecule has 0 aromatic carbocycles. The third kappa shape index (κ3) is 3.44. The number of hydrogen-bond acceptors (Lipinski definition) is 4. The average Bonchev–Trinajstić information content (AvgIpc) is 2.59. The standard InChI is InChI=1S/C11H18N2O4/c1-4-17-11(16)7(2)12-10(15)8-5-9(14)13(3)6-8/h7-8H,4-6H2,1-3H3,(H,12,15). The van der Waals surface area contributed by atoms with Crippen LogP contribution >= 0.6 is 0 Å². The minimum atomic E-state index is -0.677. The second-order valence-corrected chi connectivity index (χ2v) is 4.16. The van der Waals surface area contributed by atoms with Crippen LogP contribution in [0.1, 0.15) is 20.3 Å². The predicted octanol–water partition coefficient (Wildman–Crippen LogP) is -0.467. The maximum atomic E-state index is 11.8. The monoisotopic (exact) mass is 242 g/mol. The Morgan fingerprint density at radius 2 is 2.24 bits per heavy atom. The zero-order valence-corrected chi connectivity index (χ0v) is 10.4. The Morgan fingerprint density at radius 3 is 2.71 bits per heavy atom. The van der Waals surface area contributed by atoms with Crippen LogP contribution in [0, 0.1) is 5.92 Å². The van der Waals surface area contributed by atoms with E-state index in [1.165, 1.54) is 4.90 Å². The number of rotatable bonds is 4. The van der Waals surface area contributed by atoms with Crippen molar-refractivity contribution in [2.75, 3.05) is 20.2 Å². The molecule has 1 N–H and O–H groups in total. The molecule has 0 saturated carbocycles. The molecule has 0 radical (unpaired) electrons. The van der Waals surface area contributed by atoms with Gasteiger partial charge in [0.1, 0.15) is 6.04 Å². The van der Waals surface area contributed by atoms with Gasteiger partial charge in [0, 0.05) is 20.0 Å². The molecule has 0 aromatic rings. The summed E-state index contributed by atoms with van der Waals surface area (Å²) in [5, 5.41) is 2.56. The Bertz CT molecular complexity index is 329. The number of esters is 1. The summed E-state index contributed by atoms with van der Waals surface area (Å²) in [6.07, 6.45) is 0.206. The van der Waals surface area contributed by atoms with E-state index in [0.717, 1.165) is 0 Å². The van der Waals surface area contributed by atoms with E-state index in [4.69, 9.17) is 4.74 Å². The van der Waals surface area contributed by atoms with Gasteiger partial charge in [-0.25, -0.2) is 4.79 Å². The smallest absolute Gasteiger partial charge is 0.328 e. The highest BCUT2D eigenvalue weighted by Crippen LogP contribution is 2.16. The summed E-state index contributed by atoms with van der Waals surface area (Å²) in [6.45, 7) is 3.96. The Hall–Kier alpha value is -1.59. The number of ether oxygens (including phenoxy) is 1. The van der Waals surface area contributed by atoms with Crippen molar-refractivity contribution in [2.45, 2.75) is 26.3 Å². The molecule has 2 unspecified atom stereocenters. The third-order valence-corrected chi connectivity index (χ3v) is 2.71. The van der Waals surface area contributed by atoms with E-state index in [-0.39, 0.29) is 30.8 Å². The van der Waals surface area contributed by atoms with E-state index in [2.05, 4.69) is 5.32 Å². The van der Waals surface area contributed by atoms with Gasteiger partial charge in [0.15, 0.2) is 0 Å². The second-order valence-electron chi connectivity index (χ2n) is 4.16. The molecule has 0 bridgehead atoms. The minimum Gasteiger partial charge on any atom is -0.464 e. The van der Waals surface area contributed by atoms with E-state index < -0.39 is 12.0 Å². The molecule has 1 saturated heterocycles. The van der Waals surface area contributed by atoms with Crippen LogP contribution in [-0.4, -0.2) is 48.9 Å². The van der Waals surface area contributed by atoms with E-state index in [0.29, 0.717) is 6.54 Å². The lowest BCUT2D eigenvalue weighted by atomic mass is 10.1. The predicted molar refractivity (Wildman–Crippen MR) is 60.0 cm³/mol. The van der Waals surface area contributed by atoms with E-state index >= 15 is 0 Å². The van der Waals surface area contributed by atoms with Crippen LogP contribution in [0.15, 0.2) is 0 Å². The molecular weight excluding hydrogens is 224 g/mol. The lowest BCUT2D eigenvalue weighted by molar-refractivity contribution is -0.147.